The third-order valence-corrected chi connectivity index (χ3v) is 2.70. The van der Waals surface area contributed by atoms with Gasteiger partial charge in [0.25, 0.3) is 0 Å². The maximum absolute atomic E-state index is 9.10. The molecule has 1 saturated carbocycles. The summed E-state index contributed by atoms with van der Waals surface area (Å²) in [5.74, 6) is 1.08. The fraction of sp³-hybridized carbons (Fsp3) is 0.636. The van der Waals surface area contributed by atoms with E-state index in [4.69, 9.17) is 5.11 Å². The highest BCUT2D eigenvalue weighted by Crippen LogP contribution is 2.30. The maximum atomic E-state index is 9.10. The molecule has 1 heteroatoms. The van der Waals surface area contributed by atoms with Crippen LogP contribution in [0.25, 0.3) is 0 Å². The summed E-state index contributed by atoms with van der Waals surface area (Å²) in [5, 5.41) is 9.10. The van der Waals surface area contributed by atoms with Gasteiger partial charge in [-0.15, -0.1) is 0 Å². The summed E-state index contributed by atoms with van der Waals surface area (Å²) < 4.78 is 0. The molecule has 0 bridgehead atoms. The van der Waals surface area contributed by atoms with Gasteiger partial charge in [-0.3, -0.25) is 0 Å². The third-order valence-electron chi connectivity index (χ3n) is 2.70. The molecule has 0 saturated heterocycles. The minimum atomic E-state index is 0.339. The molecular weight excluding hydrogens is 148 g/mol. The number of hydrogen-bond acceptors (Lipinski definition) is 1. The van der Waals surface area contributed by atoms with E-state index in [-0.39, 0.29) is 0 Å². The zero-order valence-corrected chi connectivity index (χ0v) is 7.58. The Morgan fingerprint density at radius 2 is 2.08 bits per heavy atom. The summed E-state index contributed by atoms with van der Waals surface area (Å²) in [6.45, 7) is 3.99. The molecule has 1 rings (SSSR count). The van der Waals surface area contributed by atoms with Gasteiger partial charge in [-0.25, -0.2) is 0 Å². The molecule has 0 unspecified atom stereocenters. The minimum absolute atomic E-state index is 0.339. The Bertz CT molecular complexity index is 160. The molecule has 2 atom stereocenters. The molecule has 0 aromatic heterocycles. The zero-order valence-electron chi connectivity index (χ0n) is 7.58. The van der Waals surface area contributed by atoms with Gasteiger partial charge in [0.15, 0.2) is 0 Å². The van der Waals surface area contributed by atoms with Gasteiger partial charge in [0, 0.05) is 6.61 Å². The molecule has 1 aliphatic rings. The molecule has 0 aromatic carbocycles. The van der Waals surface area contributed by atoms with Crippen molar-refractivity contribution in [3.63, 3.8) is 0 Å². The Morgan fingerprint density at radius 3 is 2.75 bits per heavy atom. The predicted octanol–water partition coefficient (Wildman–Crippen LogP) is 2.53. The zero-order chi connectivity index (χ0) is 8.81. The fourth-order valence-corrected chi connectivity index (χ4v) is 1.94. The second kappa shape index (κ2) is 5.15. The number of allylic oxidation sites excluding steroid dienone is 3. The van der Waals surface area contributed by atoms with Crippen LogP contribution >= 0.6 is 0 Å². The van der Waals surface area contributed by atoms with E-state index in [0.717, 1.165) is 0 Å². The Kier molecular flexibility index (Phi) is 4.09. The second-order valence-corrected chi connectivity index (χ2v) is 3.51. The molecule has 0 aromatic rings. The van der Waals surface area contributed by atoms with Crippen molar-refractivity contribution >= 4 is 0 Å². The van der Waals surface area contributed by atoms with Crippen molar-refractivity contribution in [2.75, 3.05) is 6.61 Å². The van der Waals surface area contributed by atoms with Crippen molar-refractivity contribution < 1.29 is 5.11 Å². The summed E-state index contributed by atoms with van der Waals surface area (Å²) in [7, 11) is 0. The van der Waals surface area contributed by atoms with E-state index in [1.165, 1.54) is 25.7 Å². The molecule has 1 N–H and O–H groups in total. The molecule has 1 aliphatic carbocycles. The number of aliphatic hydroxyl groups excluding tert-OH is 1. The first-order valence-corrected chi connectivity index (χ1v) is 4.78. The Morgan fingerprint density at radius 1 is 1.33 bits per heavy atom. The number of aliphatic hydroxyl groups is 1. The van der Waals surface area contributed by atoms with Gasteiger partial charge in [-0.1, -0.05) is 37.6 Å². The smallest absolute Gasteiger partial charge is 0.0464 e. The highest BCUT2D eigenvalue weighted by Gasteiger charge is 2.21. The third kappa shape index (κ3) is 2.49. The lowest BCUT2D eigenvalue weighted by atomic mass is 9.79. The molecular formula is C11H18O. The summed E-state index contributed by atoms with van der Waals surface area (Å²) in [6.07, 6.45) is 11.0. The van der Waals surface area contributed by atoms with Crippen molar-refractivity contribution in [1.82, 2.24) is 0 Å². The van der Waals surface area contributed by atoms with Gasteiger partial charge in [-0.2, -0.15) is 0 Å². The van der Waals surface area contributed by atoms with Crippen LogP contribution in [-0.2, 0) is 0 Å². The summed E-state index contributed by atoms with van der Waals surface area (Å²) in [4.78, 5) is 0. The van der Waals surface area contributed by atoms with E-state index < -0.39 is 0 Å². The first-order chi connectivity index (χ1) is 5.88. The molecule has 0 spiro atoms. The van der Waals surface area contributed by atoms with Gasteiger partial charge in [0.2, 0.25) is 0 Å². The van der Waals surface area contributed by atoms with Crippen molar-refractivity contribution in [1.29, 1.82) is 0 Å². The molecule has 68 valence electrons. The van der Waals surface area contributed by atoms with Crippen molar-refractivity contribution in [2.24, 2.45) is 11.8 Å². The largest absolute Gasteiger partial charge is 0.396 e. The first-order valence-electron chi connectivity index (χ1n) is 4.78. The normalized spacial score (nSPS) is 30.8. The Labute approximate surface area is 74.8 Å². The van der Waals surface area contributed by atoms with E-state index in [9.17, 15) is 0 Å². The number of rotatable bonds is 3. The van der Waals surface area contributed by atoms with E-state index in [0.29, 0.717) is 18.4 Å². The molecule has 1 fully saturated rings. The first kappa shape index (κ1) is 9.53. The standard InChI is InChI=1S/C11H18O/c1-2-3-6-10-7-4-5-8-11(10)9-12/h2-3,6,10-12H,1,4-5,7-9H2/b6-3+/t10-,11-/m1/s1. The monoisotopic (exact) mass is 166 g/mol. The minimum Gasteiger partial charge on any atom is -0.396 e. The topological polar surface area (TPSA) is 20.2 Å². The molecule has 0 amide bonds. The van der Waals surface area contributed by atoms with Crippen LogP contribution in [-0.4, -0.2) is 11.7 Å². The van der Waals surface area contributed by atoms with Crippen LogP contribution in [0.2, 0.25) is 0 Å². The van der Waals surface area contributed by atoms with E-state index in [1.54, 1.807) is 0 Å². The quantitative estimate of drug-likeness (QED) is 0.639. The predicted molar refractivity (Wildman–Crippen MR) is 51.9 cm³/mol. The molecule has 12 heavy (non-hydrogen) atoms. The highest BCUT2D eigenvalue weighted by molar-refractivity contribution is 5.02. The van der Waals surface area contributed by atoms with Gasteiger partial charge < -0.3 is 5.11 Å². The lowest BCUT2D eigenvalue weighted by molar-refractivity contribution is 0.157. The van der Waals surface area contributed by atoms with Crippen molar-refractivity contribution in [3.05, 3.63) is 24.8 Å². The van der Waals surface area contributed by atoms with Gasteiger partial charge in [0.05, 0.1) is 0 Å². The SMILES string of the molecule is C=C/C=C/[C@@H]1CCCC[C@@H]1CO. The van der Waals surface area contributed by atoms with Gasteiger partial charge >= 0.3 is 0 Å². The van der Waals surface area contributed by atoms with Crippen LogP contribution in [0, 0.1) is 11.8 Å². The van der Waals surface area contributed by atoms with Crippen LogP contribution < -0.4 is 0 Å². The van der Waals surface area contributed by atoms with Gasteiger partial charge in [0.1, 0.15) is 0 Å². The fourth-order valence-electron chi connectivity index (χ4n) is 1.94. The summed E-state index contributed by atoms with van der Waals surface area (Å²) in [6, 6.07) is 0. The van der Waals surface area contributed by atoms with Crippen LogP contribution in [0.5, 0.6) is 0 Å². The lowest BCUT2D eigenvalue weighted by Gasteiger charge is -2.27. The van der Waals surface area contributed by atoms with Crippen molar-refractivity contribution in [2.45, 2.75) is 25.7 Å². The molecule has 0 aliphatic heterocycles. The maximum Gasteiger partial charge on any atom is 0.0464 e. The summed E-state index contributed by atoms with van der Waals surface area (Å²) in [5.41, 5.74) is 0. The van der Waals surface area contributed by atoms with E-state index in [2.05, 4.69) is 12.7 Å². The van der Waals surface area contributed by atoms with Crippen LogP contribution in [0.1, 0.15) is 25.7 Å². The van der Waals surface area contributed by atoms with Crippen LogP contribution in [0.4, 0.5) is 0 Å². The molecule has 0 heterocycles. The average Bonchev–Trinajstić information content (AvgIpc) is 2.15. The molecule has 0 radical (unpaired) electrons. The van der Waals surface area contributed by atoms with Crippen molar-refractivity contribution in [3.8, 4) is 0 Å². The van der Waals surface area contributed by atoms with Crippen LogP contribution in [0.3, 0.4) is 0 Å². The Hall–Kier alpha value is -0.560. The summed E-state index contributed by atoms with van der Waals surface area (Å²) >= 11 is 0. The average molecular weight is 166 g/mol. The highest BCUT2D eigenvalue weighted by atomic mass is 16.3. The Balaban J connectivity index is 2.46. The molecule has 1 nitrogen and oxygen atoms in total. The van der Waals surface area contributed by atoms with E-state index in [1.807, 2.05) is 12.2 Å². The van der Waals surface area contributed by atoms with E-state index >= 15 is 0 Å². The van der Waals surface area contributed by atoms with Crippen LogP contribution in [0.15, 0.2) is 24.8 Å². The lowest BCUT2D eigenvalue weighted by Crippen LogP contribution is -2.20. The number of hydrogen-bond donors (Lipinski definition) is 1. The van der Waals surface area contributed by atoms with Gasteiger partial charge in [-0.05, 0) is 24.7 Å². The second-order valence-electron chi connectivity index (χ2n) is 3.51.